The highest BCUT2D eigenvalue weighted by Crippen LogP contribution is 2.41. The molecule has 8 aromatic carbocycles. The summed E-state index contributed by atoms with van der Waals surface area (Å²) in [6.07, 6.45) is 0. The lowest BCUT2D eigenvalue weighted by atomic mass is 9.92. The van der Waals surface area contributed by atoms with Crippen LogP contribution in [0, 0.1) is 10.1 Å². The highest BCUT2D eigenvalue weighted by atomic mass is 16.6. The standard InChI is InChI=1S/C48H31N3O2/c52-51(53)48-22-12-7-17-39(48)36-28-34(32-23-25-46-42(30-32)40-18-8-10-20-44(40)49(46)37-13-3-1-4-14-37)27-35(29-36)33-24-26-47-43(31-33)41-19-9-11-21-45(41)50(47)38-15-5-2-6-16-38/h1-31H/i8D,9D. The predicted molar refractivity (Wildman–Crippen MR) is 218 cm³/mol. The molecule has 5 heteroatoms. The molecule has 0 aliphatic carbocycles. The Hall–Kier alpha value is -7.24. The van der Waals surface area contributed by atoms with Crippen molar-refractivity contribution in [3.05, 3.63) is 198 Å². The highest BCUT2D eigenvalue weighted by molar-refractivity contribution is 6.12. The van der Waals surface area contributed by atoms with Crippen LogP contribution in [0.4, 0.5) is 5.69 Å². The quantitative estimate of drug-likeness (QED) is 0.129. The van der Waals surface area contributed by atoms with Gasteiger partial charge < -0.3 is 9.13 Å². The normalized spacial score (nSPS) is 12.1. The van der Waals surface area contributed by atoms with Gasteiger partial charge in [0.15, 0.2) is 0 Å². The van der Waals surface area contributed by atoms with Crippen LogP contribution in [-0.2, 0) is 0 Å². The molecule has 10 aromatic rings. The zero-order chi connectivity index (χ0) is 37.2. The summed E-state index contributed by atoms with van der Waals surface area (Å²) in [7, 11) is 0. The Balaban J connectivity index is 1.22. The van der Waals surface area contributed by atoms with E-state index in [0.29, 0.717) is 17.6 Å². The molecule has 0 bridgehead atoms. The van der Waals surface area contributed by atoms with Crippen LogP contribution in [0.2, 0.25) is 0 Å². The van der Waals surface area contributed by atoms with Crippen LogP contribution in [-0.4, -0.2) is 14.1 Å². The van der Waals surface area contributed by atoms with Crippen LogP contribution in [0.15, 0.2) is 188 Å². The third-order valence-electron chi connectivity index (χ3n) is 10.3. The van der Waals surface area contributed by atoms with Gasteiger partial charge in [0.2, 0.25) is 0 Å². The van der Waals surface area contributed by atoms with Gasteiger partial charge in [-0.3, -0.25) is 10.1 Å². The number of fused-ring (bicyclic) bond motifs is 6. The summed E-state index contributed by atoms with van der Waals surface area (Å²) in [5.74, 6) is 0. The largest absolute Gasteiger partial charge is 0.309 e. The van der Waals surface area contributed by atoms with Gasteiger partial charge in [0, 0.05) is 39.0 Å². The molecule has 5 nitrogen and oxygen atoms in total. The Morgan fingerprint density at radius 3 is 1.38 bits per heavy atom. The van der Waals surface area contributed by atoms with Crippen LogP contribution in [0.25, 0.3) is 88.4 Å². The zero-order valence-electron chi connectivity index (χ0n) is 30.4. The van der Waals surface area contributed by atoms with Crippen molar-refractivity contribution in [3.8, 4) is 44.8 Å². The van der Waals surface area contributed by atoms with Gasteiger partial charge in [-0.15, -0.1) is 0 Å². The number of para-hydroxylation sites is 5. The van der Waals surface area contributed by atoms with Crippen molar-refractivity contribution < 1.29 is 7.66 Å². The summed E-state index contributed by atoms with van der Waals surface area (Å²) in [5, 5.41) is 16.3. The number of hydrogen-bond acceptors (Lipinski definition) is 2. The topological polar surface area (TPSA) is 53.0 Å². The Kier molecular flexibility index (Phi) is 6.56. The molecule has 2 heterocycles. The van der Waals surface area contributed by atoms with E-state index >= 15 is 0 Å². The van der Waals surface area contributed by atoms with Gasteiger partial charge in [0.05, 0.1) is 35.3 Å². The number of nitrogens with zero attached hydrogens (tertiary/aromatic N) is 3. The maximum Gasteiger partial charge on any atom is 0.277 e. The molecule has 0 amide bonds. The van der Waals surface area contributed by atoms with Crippen molar-refractivity contribution in [2.45, 2.75) is 0 Å². The van der Waals surface area contributed by atoms with E-state index in [9.17, 15) is 10.1 Å². The van der Waals surface area contributed by atoms with E-state index in [4.69, 9.17) is 2.74 Å². The molecule has 0 aliphatic heterocycles. The van der Waals surface area contributed by atoms with Crippen LogP contribution in [0.3, 0.4) is 0 Å². The first-order valence-electron chi connectivity index (χ1n) is 18.5. The Morgan fingerprint density at radius 2 is 0.868 bits per heavy atom. The predicted octanol–water partition coefficient (Wildman–Crippen LogP) is 12.8. The third kappa shape index (κ3) is 5.01. The maximum atomic E-state index is 12.3. The number of rotatable bonds is 6. The molecule has 0 unspecified atom stereocenters. The van der Waals surface area contributed by atoms with E-state index in [1.165, 1.54) is 0 Å². The van der Waals surface area contributed by atoms with Crippen molar-refractivity contribution in [2.75, 3.05) is 0 Å². The fourth-order valence-corrected chi connectivity index (χ4v) is 7.88. The molecule has 0 aliphatic rings. The second-order valence-corrected chi connectivity index (χ2v) is 13.3. The zero-order valence-corrected chi connectivity index (χ0v) is 28.4. The maximum absolute atomic E-state index is 12.3. The van der Waals surface area contributed by atoms with E-state index in [0.717, 1.165) is 82.8 Å². The second kappa shape index (κ2) is 12.2. The monoisotopic (exact) mass is 683 g/mol. The average molecular weight is 684 g/mol. The van der Waals surface area contributed by atoms with Gasteiger partial charge in [0.1, 0.15) is 0 Å². The SMILES string of the molecule is [2H]c1ccc2c(c1)c1cc(-c3cc(-c4ccc5c(c4)c4cc([2H])ccc4n5-c4ccccc4)cc(-c4ccccc4[N+](=O)[O-])c3)ccc1n2-c1ccccc1. The van der Waals surface area contributed by atoms with Crippen LogP contribution in [0.1, 0.15) is 2.74 Å². The molecule has 10 rings (SSSR count). The van der Waals surface area contributed by atoms with Gasteiger partial charge in [-0.2, -0.15) is 0 Å². The summed E-state index contributed by atoms with van der Waals surface area (Å²) in [6, 6.07) is 58.7. The Morgan fingerprint density at radius 1 is 0.415 bits per heavy atom. The minimum atomic E-state index is -0.326. The summed E-state index contributed by atoms with van der Waals surface area (Å²) in [4.78, 5) is 12.0. The molecule has 0 atom stereocenters. The molecule has 0 saturated heterocycles. The van der Waals surface area contributed by atoms with Crippen LogP contribution in [0.5, 0.6) is 0 Å². The lowest BCUT2D eigenvalue weighted by Gasteiger charge is -2.13. The second-order valence-electron chi connectivity index (χ2n) is 13.3. The number of nitro benzene ring substituents is 1. The number of hydrogen-bond donors (Lipinski definition) is 0. The van der Waals surface area contributed by atoms with E-state index in [-0.39, 0.29) is 10.6 Å². The van der Waals surface area contributed by atoms with E-state index in [1.54, 1.807) is 18.2 Å². The van der Waals surface area contributed by atoms with E-state index < -0.39 is 0 Å². The Bertz CT molecular complexity index is 2970. The lowest BCUT2D eigenvalue weighted by molar-refractivity contribution is -0.384. The molecule has 0 radical (unpaired) electrons. The van der Waals surface area contributed by atoms with Crippen molar-refractivity contribution >= 4 is 49.3 Å². The fraction of sp³-hybridized carbons (Fsp3) is 0. The van der Waals surface area contributed by atoms with Crippen molar-refractivity contribution in [2.24, 2.45) is 0 Å². The van der Waals surface area contributed by atoms with E-state index in [1.807, 2.05) is 91.0 Å². The molecule has 250 valence electrons. The van der Waals surface area contributed by atoms with Crippen LogP contribution >= 0.6 is 0 Å². The molecule has 0 spiro atoms. The summed E-state index contributed by atoms with van der Waals surface area (Å²) >= 11 is 0. The van der Waals surface area contributed by atoms with Gasteiger partial charge in [-0.05, 0) is 113 Å². The number of benzene rings is 8. The average Bonchev–Trinajstić information content (AvgIpc) is 3.72. The number of aromatic nitrogens is 2. The van der Waals surface area contributed by atoms with Gasteiger partial charge in [0.25, 0.3) is 5.69 Å². The first-order chi connectivity index (χ1) is 26.9. The molecular formula is C48H31N3O2. The molecule has 0 N–H and O–H groups in total. The molecular weight excluding hydrogens is 651 g/mol. The highest BCUT2D eigenvalue weighted by Gasteiger charge is 2.19. The minimum Gasteiger partial charge on any atom is -0.309 e. The van der Waals surface area contributed by atoms with Crippen LogP contribution < -0.4 is 0 Å². The molecule has 0 fully saturated rings. The molecule has 0 saturated carbocycles. The van der Waals surface area contributed by atoms with Gasteiger partial charge in [-0.1, -0.05) is 97.0 Å². The fourth-order valence-electron chi connectivity index (χ4n) is 7.88. The Labute approximate surface area is 308 Å². The van der Waals surface area contributed by atoms with Crippen molar-refractivity contribution in [1.29, 1.82) is 0 Å². The first kappa shape index (κ1) is 28.5. The minimum absolute atomic E-state index is 0.0410. The van der Waals surface area contributed by atoms with Crippen molar-refractivity contribution in [3.63, 3.8) is 0 Å². The molecule has 53 heavy (non-hydrogen) atoms. The lowest BCUT2D eigenvalue weighted by Crippen LogP contribution is -1.94. The summed E-state index contributed by atoms with van der Waals surface area (Å²) < 4.78 is 21.4. The number of nitro groups is 1. The van der Waals surface area contributed by atoms with E-state index in [2.05, 4.69) is 75.9 Å². The summed E-state index contributed by atoms with van der Waals surface area (Å²) in [5.41, 5.74) is 11.2. The smallest absolute Gasteiger partial charge is 0.277 e. The first-order valence-corrected chi connectivity index (χ1v) is 17.5. The third-order valence-corrected chi connectivity index (χ3v) is 10.3. The van der Waals surface area contributed by atoms with Gasteiger partial charge >= 0.3 is 0 Å². The van der Waals surface area contributed by atoms with Crippen molar-refractivity contribution in [1.82, 2.24) is 9.13 Å². The van der Waals surface area contributed by atoms with Gasteiger partial charge in [-0.25, -0.2) is 0 Å². The molecule has 2 aromatic heterocycles. The summed E-state index contributed by atoms with van der Waals surface area (Å²) in [6.45, 7) is 0.